The van der Waals surface area contributed by atoms with Gasteiger partial charge in [-0.15, -0.1) is 0 Å². The van der Waals surface area contributed by atoms with Crippen molar-refractivity contribution < 1.29 is 23.8 Å². The van der Waals surface area contributed by atoms with E-state index in [-0.39, 0.29) is 21.3 Å². The number of anilines is 1. The highest BCUT2D eigenvalue weighted by molar-refractivity contribution is 7.22. The Bertz CT molecular complexity index is 1550. The Morgan fingerprint density at radius 1 is 1.08 bits per heavy atom. The summed E-state index contributed by atoms with van der Waals surface area (Å²) in [6, 6.07) is 14.0. The van der Waals surface area contributed by atoms with E-state index in [1.807, 2.05) is 13.0 Å². The first-order chi connectivity index (χ1) is 17.3. The van der Waals surface area contributed by atoms with Crippen molar-refractivity contribution in [3.8, 4) is 5.75 Å². The lowest BCUT2D eigenvalue weighted by atomic mass is 9.95. The second kappa shape index (κ2) is 9.54. The number of amides is 1. The van der Waals surface area contributed by atoms with E-state index in [1.54, 1.807) is 24.3 Å². The Morgan fingerprint density at radius 3 is 2.53 bits per heavy atom. The fourth-order valence-electron chi connectivity index (χ4n) is 4.04. The smallest absolute Gasteiger partial charge is 0.301 e. The number of benzene rings is 3. The molecule has 36 heavy (non-hydrogen) atoms. The van der Waals surface area contributed by atoms with E-state index in [4.69, 9.17) is 27.9 Å². The van der Waals surface area contributed by atoms with Crippen LogP contribution in [0.2, 0.25) is 10.0 Å². The summed E-state index contributed by atoms with van der Waals surface area (Å²) in [5, 5.41) is 11.9. The number of rotatable bonds is 5. The lowest BCUT2D eigenvalue weighted by Crippen LogP contribution is -2.29. The summed E-state index contributed by atoms with van der Waals surface area (Å²) in [5.41, 5.74) is 1.08. The maximum atomic E-state index is 13.5. The van der Waals surface area contributed by atoms with E-state index in [1.165, 1.54) is 34.4 Å². The van der Waals surface area contributed by atoms with Crippen LogP contribution in [-0.4, -0.2) is 28.4 Å². The Balaban J connectivity index is 1.71. The third-order valence-corrected chi connectivity index (χ3v) is 7.44. The Hall–Kier alpha value is -3.46. The molecule has 10 heteroatoms. The molecule has 3 aromatic carbocycles. The van der Waals surface area contributed by atoms with Crippen LogP contribution in [0.5, 0.6) is 5.75 Å². The third kappa shape index (κ3) is 4.21. The lowest BCUT2D eigenvalue weighted by Gasteiger charge is -2.23. The summed E-state index contributed by atoms with van der Waals surface area (Å²) < 4.78 is 19.8. The zero-order valence-corrected chi connectivity index (χ0v) is 21.0. The SMILES string of the molecule is CCOc1ccc2nc(N3C(=O)C(=O)/C(=C(/O)c4ccc(F)cc4)C3c3ccc(Cl)c(Cl)c3)sc2c1. The molecule has 1 fully saturated rings. The topological polar surface area (TPSA) is 79.7 Å². The summed E-state index contributed by atoms with van der Waals surface area (Å²) in [6.07, 6.45) is 0. The second-order valence-corrected chi connectivity index (χ2v) is 9.73. The number of halogens is 3. The standard InChI is InChI=1S/C26H17Cl2FN2O4S/c1-2-35-16-8-10-19-20(12-16)36-26(30-19)31-22(14-5-9-17(27)18(28)11-14)21(24(33)25(31)34)23(32)13-3-6-15(29)7-4-13/h3-12,22,32H,2H2,1H3/b23-21+. The molecule has 1 aromatic heterocycles. The van der Waals surface area contributed by atoms with Crippen molar-refractivity contribution in [2.45, 2.75) is 13.0 Å². The normalized spacial score (nSPS) is 17.2. The van der Waals surface area contributed by atoms with Crippen molar-refractivity contribution in [3.05, 3.63) is 93.2 Å². The van der Waals surface area contributed by atoms with Crippen molar-refractivity contribution in [2.24, 2.45) is 0 Å². The minimum absolute atomic E-state index is 0.167. The van der Waals surface area contributed by atoms with Gasteiger partial charge in [0.15, 0.2) is 5.13 Å². The van der Waals surface area contributed by atoms with Gasteiger partial charge in [-0.1, -0.05) is 40.6 Å². The molecule has 1 amide bonds. The van der Waals surface area contributed by atoms with Crippen molar-refractivity contribution in [2.75, 3.05) is 11.5 Å². The molecule has 0 bridgehead atoms. The molecule has 0 spiro atoms. The number of aliphatic hydroxyl groups excluding tert-OH is 1. The lowest BCUT2D eigenvalue weighted by molar-refractivity contribution is -0.132. The fraction of sp³-hybridized carbons (Fsp3) is 0.115. The van der Waals surface area contributed by atoms with Gasteiger partial charge in [0.2, 0.25) is 0 Å². The third-order valence-electron chi connectivity index (χ3n) is 5.69. The van der Waals surface area contributed by atoms with E-state index in [2.05, 4.69) is 4.98 Å². The Morgan fingerprint density at radius 2 is 1.83 bits per heavy atom. The molecule has 1 N–H and O–H groups in total. The number of ketones is 1. The Kier molecular flexibility index (Phi) is 6.42. The van der Waals surface area contributed by atoms with Crippen LogP contribution in [0.4, 0.5) is 9.52 Å². The largest absolute Gasteiger partial charge is 0.507 e. The number of thiazole rings is 1. The van der Waals surface area contributed by atoms with Gasteiger partial charge in [-0.3, -0.25) is 14.5 Å². The van der Waals surface area contributed by atoms with Crippen LogP contribution in [0.25, 0.3) is 16.0 Å². The van der Waals surface area contributed by atoms with Crippen molar-refractivity contribution in [1.82, 2.24) is 4.98 Å². The highest BCUT2D eigenvalue weighted by Gasteiger charge is 2.48. The number of hydrogen-bond donors (Lipinski definition) is 1. The Labute approximate surface area is 219 Å². The minimum atomic E-state index is -1.04. The van der Waals surface area contributed by atoms with Gasteiger partial charge in [-0.25, -0.2) is 9.37 Å². The number of carbonyl (C=O) groups excluding carboxylic acids is 2. The van der Waals surface area contributed by atoms with Crippen LogP contribution in [0.3, 0.4) is 0 Å². The zero-order valence-electron chi connectivity index (χ0n) is 18.7. The van der Waals surface area contributed by atoms with Gasteiger partial charge in [-0.2, -0.15) is 0 Å². The molecule has 0 saturated carbocycles. The quantitative estimate of drug-likeness (QED) is 0.171. The maximum absolute atomic E-state index is 13.5. The molecule has 1 aliphatic heterocycles. The molecule has 1 unspecified atom stereocenters. The van der Waals surface area contributed by atoms with E-state index in [9.17, 15) is 19.1 Å². The van der Waals surface area contributed by atoms with Crippen molar-refractivity contribution in [3.63, 3.8) is 0 Å². The summed E-state index contributed by atoms with van der Waals surface area (Å²) in [4.78, 5) is 32.4. The summed E-state index contributed by atoms with van der Waals surface area (Å²) in [7, 11) is 0. The predicted molar refractivity (Wildman–Crippen MR) is 138 cm³/mol. The first-order valence-corrected chi connectivity index (χ1v) is 12.4. The van der Waals surface area contributed by atoms with E-state index < -0.39 is 29.3 Å². The van der Waals surface area contributed by atoms with E-state index in [0.717, 1.165) is 16.8 Å². The monoisotopic (exact) mass is 542 g/mol. The summed E-state index contributed by atoms with van der Waals surface area (Å²) >= 11 is 13.6. The molecule has 1 atom stereocenters. The number of aliphatic hydroxyl groups is 1. The molecule has 5 rings (SSSR count). The van der Waals surface area contributed by atoms with Crippen LogP contribution in [0, 0.1) is 5.82 Å². The van der Waals surface area contributed by atoms with E-state index in [0.29, 0.717) is 28.5 Å². The maximum Gasteiger partial charge on any atom is 0.301 e. The van der Waals surface area contributed by atoms with Crippen molar-refractivity contribution in [1.29, 1.82) is 0 Å². The van der Waals surface area contributed by atoms with Crippen LogP contribution in [0.1, 0.15) is 24.1 Å². The molecule has 0 aliphatic carbocycles. The molecule has 0 radical (unpaired) electrons. The number of ether oxygens (including phenoxy) is 1. The average molecular weight is 543 g/mol. The summed E-state index contributed by atoms with van der Waals surface area (Å²) in [6.45, 7) is 2.37. The fourth-order valence-corrected chi connectivity index (χ4v) is 5.37. The van der Waals surface area contributed by atoms with Crippen LogP contribution in [-0.2, 0) is 9.59 Å². The number of Topliss-reactive ketones (excluding diaryl/α,β-unsaturated/α-hetero) is 1. The number of carbonyl (C=O) groups is 2. The molecular weight excluding hydrogens is 526 g/mol. The highest BCUT2D eigenvalue weighted by Crippen LogP contribution is 2.45. The minimum Gasteiger partial charge on any atom is -0.507 e. The van der Waals surface area contributed by atoms with Gasteiger partial charge in [0.1, 0.15) is 17.3 Å². The number of aromatic nitrogens is 1. The molecule has 6 nitrogen and oxygen atoms in total. The molecule has 1 aliphatic rings. The van der Waals surface area contributed by atoms with Crippen LogP contribution in [0.15, 0.2) is 66.2 Å². The molecule has 182 valence electrons. The number of hydrogen-bond acceptors (Lipinski definition) is 6. The zero-order chi connectivity index (χ0) is 25.6. The van der Waals surface area contributed by atoms with Crippen molar-refractivity contribution >= 4 is 67.3 Å². The summed E-state index contributed by atoms with van der Waals surface area (Å²) in [5.74, 6) is -2.05. The van der Waals surface area contributed by atoms with Gasteiger partial charge in [0, 0.05) is 5.56 Å². The van der Waals surface area contributed by atoms with Gasteiger partial charge >= 0.3 is 5.91 Å². The van der Waals surface area contributed by atoms with Crippen LogP contribution >= 0.6 is 34.5 Å². The van der Waals surface area contributed by atoms with Gasteiger partial charge in [0.25, 0.3) is 5.78 Å². The molecular formula is C26H17Cl2FN2O4S. The first-order valence-electron chi connectivity index (χ1n) is 10.8. The predicted octanol–water partition coefficient (Wildman–Crippen LogP) is 6.77. The van der Waals surface area contributed by atoms with E-state index >= 15 is 0 Å². The molecule has 1 saturated heterocycles. The second-order valence-electron chi connectivity index (χ2n) is 7.91. The van der Waals surface area contributed by atoms with Gasteiger partial charge in [0.05, 0.1) is 38.5 Å². The highest BCUT2D eigenvalue weighted by atomic mass is 35.5. The van der Waals surface area contributed by atoms with Gasteiger partial charge < -0.3 is 9.84 Å². The number of nitrogens with zero attached hydrogens (tertiary/aromatic N) is 2. The van der Waals surface area contributed by atoms with Crippen LogP contribution < -0.4 is 9.64 Å². The molecule has 2 heterocycles. The first kappa shape index (κ1) is 24.2. The average Bonchev–Trinajstić information content (AvgIpc) is 3.39. The number of fused-ring (bicyclic) bond motifs is 1. The van der Waals surface area contributed by atoms with Gasteiger partial charge in [-0.05, 0) is 67.1 Å². The molecule has 4 aromatic rings.